The lowest BCUT2D eigenvalue weighted by molar-refractivity contribution is 0.183. The molecular weight excluding hydrogens is 460 g/mol. The summed E-state index contributed by atoms with van der Waals surface area (Å²) in [6, 6.07) is 24.6. The SMILES string of the molecule is C=C1c2nc3ccccc3n2C=C(c2ccc(OC)cc2)N1c1ccc(OCCN2CCCCC2)cc1. The first-order chi connectivity index (χ1) is 18.2. The molecule has 1 saturated heterocycles. The van der Waals surface area contributed by atoms with E-state index < -0.39 is 0 Å². The maximum Gasteiger partial charge on any atom is 0.161 e. The smallest absolute Gasteiger partial charge is 0.161 e. The van der Waals surface area contributed by atoms with E-state index in [1.54, 1.807) is 7.11 Å². The van der Waals surface area contributed by atoms with Crippen LogP contribution < -0.4 is 14.4 Å². The average molecular weight is 493 g/mol. The fourth-order valence-corrected chi connectivity index (χ4v) is 5.23. The lowest BCUT2D eigenvalue weighted by atomic mass is 10.1. The van der Waals surface area contributed by atoms with Gasteiger partial charge in [0.2, 0.25) is 0 Å². The van der Waals surface area contributed by atoms with Crippen molar-refractivity contribution in [1.82, 2.24) is 14.5 Å². The minimum atomic E-state index is 0.705. The third kappa shape index (κ3) is 4.60. The molecule has 0 N–H and O–H groups in total. The number of benzene rings is 3. The molecule has 6 nitrogen and oxygen atoms in total. The molecule has 37 heavy (non-hydrogen) atoms. The van der Waals surface area contributed by atoms with E-state index in [2.05, 4.69) is 57.5 Å². The van der Waals surface area contributed by atoms with Gasteiger partial charge in [0.1, 0.15) is 18.1 Å². The van der Waals surface area contributed by atoms with Gasteiger partial charge in [-0.05, 0) is 86.6 Å². The van der Waals surface area contributed by atoms with E-state index in [1.165, 1.54) is 32.4 Å². The third-order valence-corrected chi connectivity index (χ3v) is 7.22. The molecule has 0 amide bonds. The van der Waals surface area contributed by atoms with Gasteiger partial charge in [0, 0.05) is 24.0 Å². The van der Waals surface area contributed by atoms with E-state index in [1.807, 2.05) is 42.5 Å². The van der Waals surface area contributed by atoms with E-state index >= 15 is 0 Å². The zero-order valence-electron chi connectivity index (χ0n) is 21.3. The Kier molecular flexibility index (Phi) is 6.41. The van der Waals surface area contributed by atoms with Crippen molar-refractivity contribution in [2.75, 3.05) is 38.3 Å². The minimum Gasteiger partial charge on any atom is -0.497 e. The molecule has 0 aliphatic carbocycles. The van der Waals surface area contributed by atoms with Crippen LogP contribution in [0.1, 0.15) is 30.7 Å². The topological polar surface area (TPSA) is 42.8 Å². The Morgan fingerprint density at radius 3 is 2.35 bits per heavy atom. The van der Waals surface area contributed by atoms with Crippen LogP contribution >= 0.6 is 0 Å². The normalized spacial score (nSPS) is 16.0. The molecule has 188 valence electrons. The maximum absolute atomic E-state index is 6.08. The first-order valence-corrected chi connectivity index (χ1v) is 13.0. The number of hydrogen-bond donors (Lipinski definition) is 0. The Balaban J connectivity index is 1.30. The summed E-state index contributed by atoms with van der Waals surface area (Å²) < 4.78 is 13.6. The summed E-state index contributed by atoms with van der Waals surface area (Å²) in [5.41, 5.74) is 5.91. The molecule has 3 aromatic carbocycles. The van der Waals surface area contributed by atoms with Gasteiger partial charge in [0.05, 0.1) is 29.5 Å². The Morgan fingerprint density at radius 1 is 0.865 bits per heavy atom. The summed E-state index contributed by atoms with van der Waals surface area (Å²) in [6.45, 7) is 8.53. The van der Waals surface area contributed by atoms with Crippen LogP contribution in [0.15, 0.2) is 79.4 Å². The predicted octanol–water partition coefficient (Wildman–Crippen LogP) is 6.36. The number of nitrogens with zero attached hydrogens (tertiary/aromatic N) is 4. The van der Waals surface area contributed by atoms with Crippen LogP contribution in [-0.2, 0) is 0 Å². The molecule has 2 aliphatic heterocycles. The van der Waals surface area contributed by atoms with Gasteiger partial charge in [-0.2, -0.15) is 0 Å². The first-order valence-electron chi connectivity index (χ1n) is 13.0. The zero-order valence-corrected chi connectivity index (χ0v) is 21.3. The molecule has 0 unspecified atom stereocenters. The second-order valence-electron chi connectivity index (χ2n) is 9.56. The minimum absolute atomic E-state index is 0.705. The highest BCUT2D eigenvalue weighted by molar-refractivity contribution is 6.03. The molecule has 3 heterocycles. The quantitative estimate of drug-likeness (QED) is 0.300. The molecule has 0 radical (unpaired) electrons. The molecule has 0 bridgehead atoms. The summed E-state index contributed by atoms with van der Waals surface area (Å²) in [4.78, 5) is 9.56. The van der Waals surface area contributed by atoms with Crippen molar-refractivity contribution in [2.45, 2.75) is 19.3 Å². The number of rotatable bonds is 7. The van der Waals surface area contributed by atoms with Crippen molar-refractivity contribution < 1.29 is 9.47 Å². The van der Waals surface area contributed by atoms with Crippen molar-refractivity contribution >= 4 is 34.3 Å². The summed E-state index contributed by atoms with van der Waals surface area (Å²) in [5.74, 6) is 2.54. The third-order valence-electron chi connectivity index (χ3n) is 7.22. The molecule has 2 aliphatic rings. The monoisotopic (exact) mass is 492 g/mol. The molecule has 4 aromatic rings. The summed E-state index contributed by atoms with van der Waals surface area (Å²) in [6.07, 6.45) is 6.09. The van der Waals surface area contributed by atoms with Crippen LogP contribution in [-0.4, -0.2) is 47.8 Å². The van der Waals surface area contributed by atoms with E-state index in [9.17, 15) is 0 Å². The van der Waals surface area contributed by atoms with E-state index in [0.717, 1.165) is 57.5 Å². The molecule has 0 atom stereocenters. The molecule has 6 rings (SSSR count). The number of para-hydroxylation sites is 2. The average Bonchev–Trinajstić information content (AvgIpc) is 3.33. The van der Waals surface area contributed by atoms with Crippen LogP contribution in [0.25, 0.3) is 28.6 Å². The van der Waals surface area contributed by atoms with Gasteiger partial charge >= 0.3 is 0 Å². The number of hydrogen-bond acceptors (Lipinski definition) is 5. The van der Waals surface area contributed by atoms with Gasteiger partial charge in [0.25, 0.3) is 0 Å². The number of likely N-dealkylation sites (tertiary alicyclic amines) is 1. The second kappa shape index (κ2) is 10.1. The Labute approximate surface area is 218 Å². The second-order valence-corrected chi connectivity index (χ2v) is 9.56. The summed E-state index contributed by atoms with van der Waals surface area (Å²) in [7, 11) is 1.68. The van der Waals surface area contributed by atoms with Crippen LogP contribution in [0.2, 0.25) is 0 Å². The number of aromatic nitrogens is 2. The van der Waals surface area contributed by atoms with Crippen LogP contribution in [0.5, 0.6) is 11.5 Å². The van der Waals surface area contributed by atoms with E-state index in [-0.39, 0.29) is 0 Å². The van der Waals surface area contributed by atoms with Gasteiger partial charge in [-0.25, -0.2) is 4.98 Å². The van der Waals surface area contributed by atoms with Crippen LogP contribution in [0.3, 0.4) is 0 Å². The maximum atomic E-state index is 6.08. The molecule has 1 fully saturated rings. The highest BCUT2D eigenvalue weighted by Crippen LogP contribution is 2.40. The van der Waals surface area contributed by atoms with Crippen LogP contribution in [0.4, 0.5) is 5.69 Å². The number of fused-ring (bicyclic) bond motifs is 3. The molecule has 6 heteroatoms. The van der Waals surface area contributed by atoms with Gasteiger partial charge in [-0.15, -0.1) is 0 Å². The largest absolute Gasteiger partial charge is 0.497 e. The van der Waals surface area contributed by atoms with E-state index in [0.29, 0.717) is 6.61 Å². The van der Waals surface area contributed by atoms with Crippen molar-refractivity contribution in [3.8, 4) is 11.5 Å². The Bertz CT molecular complexity index is 1430. The highest BCUT2D eigenvalue weighted by atomic mass is 16.5. The fraction of sp³-hybridized carbons (Fsp3) is 0.258. The summed E-state index contributed by atoms with van der Waals surface area (Å²) in [5, 5.41) is 0. The van der Waals surface area contributed by atoms with Gasteiger partial charge < -0.3 is 14.4 Å². The van der Waals surface area contributed by atoms with E-state index in [4.69, 9.17) is 14.5 Å². The van der Waals surface area contributed by atoms with Crippen molar-refractivity contribution in [1.29, 1.82) is 0 Å². The number of anilines is 1. The highest BCUT2D eigenvalue weighted by Gasteiger charge is 2.27. The van der Waals surface area contributed by atoms with Crippen molar-refractivity contribution in [3.05, 3.63) is 90.8 Å². The standard InChI is InChI=1S/C31H32N4O2/c1-23-31-32-28-8-4-5-9-29(28)34(31)22-30(24-10-14-26(36-2)15-11-24)35(23)25-12-16-27(17-13-25)37-21-20-33-18-6-3-7-19-33/h4-5,8-17,22H,1,3,6-7,18-21H2,2H3. The number of ether oxygens (including phenoxy) is 2. The van der Waals surface area contributed by atoms with Gasteiger partial charge in [-0.1, -0.05) is 25.1 Å². The lowest BCUT2D eigenvalue weighted by Gasteiger charge is -2.33. The van der Waals surface area contributed by atoms with Crippen molar-refractivity contribution in [3.63, 3.8) is 0 Å². The Hall–Kier alpha value is -4.03. The van der Waals surface area contributed by atoms with Crippen molar-refractivity contribution in [2.24, 2.45) is 0 Å². The number of methoxy groups -OCH3 is 1. The number of imidazole rings is 1. The molecule has 0 spiro atoms. The molecule has 0 saturated carbocycles. The zero-order chi connectivity index (χ0) is 25.2. The lowest BCUT2D eigenvalue weighted by Crippen LogP contribution is -2.33. The fourth-order valence-electron chi connectivity index (χ4n) is 5.23. The Morgan fingerprint density at radius 2 is 1.59 bits per heavy atom. The number of piperidine rings is 1. The molecular formula is C31H32N4O2. The van der Waals surface area contributed by atoms with Gasteiger partial charge in [-0.3, -0.25) is 9.47 Å². The molecule has 1 aromatic heterocycles. The van der Waals surface area contributed by atoms with Gasteiger partial charge in [0.15, 0.2) is 5.82 Å². The van der Waals surface area contributed by atoms with Crippen LogP contribution in [0, 0.1) is 0 Å². The summed E-state index contributed by atoms with van der Waals surface area (Å²) >= 11 is 0. The first kappa shape index (κ1) is 23.4. The predicted molar refractivity (Wildman–Crippen MR) is 151 cm³/mol.